The van der Waals surface area contributed by atoms with Crippen molar-refractivity contribution in [3.63, 3.8) is 0 Å². The molecule has 1 aliphatic rings. The Morgan fingerprint density at radius 2 is 2.28 bits per heavy atom. The third kappa shape index (κ3) is 2.40. The van der Waals surface area contributed by atoms with Gasteiger partial charge in [0.1, 0.15) is 0 Å². The largest absolute Gasteiger partial charge is 0.243 e. The summed E-state index contributed by atoms with van der Waals surface area (Å²) < 4.78 is 26.3. The Morgan fingerprint density at radius 1 is 1.50 bits per heavy atom. The van der Waals surface area contributed by atoms with Crippen molar-refractivity contribution in [2.75, 3.05) is 13.1 Å². The fourth-order valence-electron chi connectivity index (χ4n) is 2.22. The van der Waals surface area contributed by atoms with Crippen LogP contribution in [0.3, 0.4) is 0 Å². The second-order valence-electron chi connectivity index (χ2n) is 4.57. The van der Waals surface area contributed by atoms with E-state index in [-0.39, 0.29) is 4.90 Å². The molecule has 0 bridgehead atoms. The molecule has 0 radical (unpaired) electrons. The molecule has 1 heterocycles. The Balaban J connectivity index is 2.29. The van der Waals surface area contributed by atoms with E-state index in [0.29, 0.717) is 24.6 Å². The Bertz CT molecular complexity index is 575. The van der Waals surface area contributed by atoms with Crippen molar-refractivity contribution < 1.29 is 8.42 Å². The summed E-state index contributed by atoms with van der Waals surface area (Å²) in [6.07, 6.45) is 1.93. The molecule has 0 aromatic heterocycles. The highest BCUT2D eigenvalue weighted by atomic mass is 32.2. The Kier molecular flexibility index (Phi) is 3.69. The molecule has 0 spiro atoms. The lowest BCUT2D eigenvalue weighted by molar-refractivity contribution is 0.453. The number of benzene rings is 1. The lowest BCUT2D eigenvalue weighted by atomic mass is 10.1. The molecular weight excluding hydrogens is 248 g/mol. The van der Waals surface area contributed by atoms with Crippen LogP contribution in [0.1, 0.15) is 25.3 Å². The van der Waals surface area contributed by atoms with E-state index in [0.717, 1.165) is 12.8 Å². The highest BCUT2D eigenvalue weighted by Crippen LogP contribution is 2.26. The van der Waals surface area contributed by atoms with E-state index in [1.165, 1.54) is 10.4 Å². The van der Waals surface area contributed by atoms with Crippen LogP contribution in [0.4, 0.5) is 0 Å². The van der Waals surface area contributed by atoms with Gasteiger partial charge in [0.2, 0.25) is 10.0 Å². The van der Waals surface area contributed by atoms with E-state index in [9.17, 15) is 8.42 Å². The zero-order valence-electron chi connectivity index (χ0n) is 10.3. The van der Waals surface area contributed by atoms with Crippen molar-refractivity contribution >= 4 is 10.0 Å². The van der Waals surface area contributed by atoms with E-state index < -0.39 is 10.0 Å². The maximum atomic E-state index is 12.4. The van der Waals surface area contributed by atoms with E-state index in [1.54, 1.807) is 18.2 Å². The summed E-state index contributed by atoms with van der Waals surface area (Å²) in [5.74, 6) is 0.457. The molecule has 96 valence electrons. The minimum atomic E-state index is -3.43. The maximum Gasteiger partial charge on any atom is 0.243 e. The number of nitrogens with zero attached hydrogens (tertiary/aromatic N) is 2. The molecule has 0 saturated carbocycles. The zero-order chi connectivity index (χ0) is 13.2. The highest BCUT2D eigenvalue weighted by molar-refractivity contribution is 7.89. The fourth-order valence-corrected chi connectivity index (χ4v) is 3.80. The summed E-state index contributed by atoms with van der Waals surface area (Å²) in [5, 5.41) is 8.81. The summed E-state index contributed by atoms with van der Waals surface area (Å²) in [7, 11) is -3.43. The van der Waals surface area contributed by atoms with Gasteiger partial charge in [-0.25, -0.2) is 8.42 Å². The van der Waals surface area contributed by atoms with Gasteiger partial charge in [0.25, 0.3) is 0 Å². The number of hydrogen-bond donors (Lipinski definition) is 0. The predicted molar refractivity (Wildman–Crippen MR) is 68.3 cm³/mol. The lowest BCUT2D eigenvalue weighted by Gasteiger charge is -2.16. The predicted octanol–water partition coefficient (Wildman–Crippen LogP) is 1.98. The van der Waals surface area contributed by atoms with Gasteiger partial charge < -0.3 is 0 Å². The number of sulfonamides is 1. The lowest BCUT2D eigenvalue weighted by Crippen LogP contribution is -2.28. The molecule has 1 aromatic rings. The standard InChI is InChI=1S/C13H16N2O2S/c1-2-11-6-7-15(10-11)18(16,17)13-5-3-4-12(8-13)9-14/h3-5,8,11H,2,6-7,10H2,1H3. The topological polar surface area (TPSA) is 61.2 Å². The molecule has 0 N–H and O–H groups in total. The third-order valence-electron chi connectivity index (χ3n) is 3.43. The van der Waals surface area contributed by atoms with Crippen LogP contribution in [0.15, 0.2) is 29.2 Å². The van der Waals surface area contributed by atoms with Crippen molar-refractivity contribution in [1.29, 1.82) is 5.26 Å². The number of nitriles is 1. The van der Waals surface area contributed by atoms with Gasteiger partial charge in [-0.2, -0.15) is 9.57 Å². The summed E-state index contributed by atoms with van der Waals surface area (Å²) in [5.41, 5.74) is 0.377. The van der Waals surface area contributed by atoms with Crippen LogP contribution < -0.4 is 0 Å². The van der Waals surface area contributed by atoms with Gasteiger partial charge >= 0.3 is 0 Å². The van der Waals surface area contributed by atoms with Crippen LogP contribution in [0.25, 0.3) is 0 Å². The van der Waals surface area contributed by atoms with Gasteiger partial charge in [-0.3, -0.25) is 0 Å². The van der Waals surface area contributed by atoms with Crippen molar-refractivity contribution in [2.24, 2.45) is 5.92 Å². The Morgan fingerprint density at radius 3 is 2.89 bits per heavy atom. The van der Waals surface area contributed by atoms with Crippen molar-refractivity contribution in [2.45, 2.75) is 24.7 Å². The average molecular weight is 264 g/mol. The monoisotopic (exact) mass is 264 g/mol. The first kappa shape index (κ1) is 13.1. The van der Waals surface area contributed by atoms with Gasteiger partial charge in [-0.15, -0.1) is 0 Å². The van der Waals surface area contributed by atoms with Gasteiger partial charge in [0, 0.05) is 13.1 Å². The molecule has 0 amide bonds. The van der Waals surface area contributed by atoms with Gasteiger partial charge in [0.15, 0.2) is 0 Å². The molecule has 1 saturated heterocycles. The van der Waals surface area contributed by atoms with E-state index in [4.69, 9.17) is 5.26 Å². The first-order chi connectivity index (χ1) is 8.57. The molecule has 1 atom stereocenters. The molecule has 0 aliphatic carbocycles. The molecule has 4 nitrogen and oxygen atoms in total. The third-order valence-corrected chi connectivity index (χ3v) is 5.29. The first-order valence-corrected chi connectivity index (χ1v) is 7.52. The quantitative estimate of drug-likeness (QED) is 0.838. The molecule has 1 unspecified atom stereocenters. The molecule has 18 heavy (non-hydrogen) atoms. The van der Waals surface area contributed by atoms with Gasteiger partial charge in [0.05, 0.1) is 16.5 Å². The van der Waals surface area contributed by atoms with Gasteiger partial charge in [-0.1, -0.05) is 19.4 Å². The molecular formula is C13H16N2O2S. The zero-order valence-corrected chi connectivity index (χ0v) is 11.2. The Hall–Kier alpha value is -1.38. The normalized spacial score (nSPS) is 20.8. The van der Waals surface area contributed by atoms with E-state index >= 15 is 0 Å². The summed E-state index contributed by atoms with van der Waals surface area (Å²) in [4.78, 5) is 0.221. The van der Waals surface area contributed by atoms with Crippen molar-refractivity contribution in [1.82, 2.24) is 4.31 Å². The fraction of sp³-hybridized carbons (Fsp3) is 0.462. The van der Waals surface area contributed by atoms with Crippen LogP contribution >= 0.6 is 0 Å². The van der Waals surface area contributed by atoms with Crippen molar-refractivity contribution in [3.05, 3.63) is 29.8 Å². The van der Waals surface area contributed by atoms with Crippen LogP contribution in [-0.2, 0) is 10.0 Å². The van der Waals surface area contributed by atoms with Crippen LogP contribution in [0, 0.1) is 17.2 Å². The van der Waals surface area contributed by atoms with Gasteiger partial charge in [-0.05, 0) is 30.5 Å². The first-order valence-electron chi connectivity index (χ1n) is 6.08. The molecule has 5 heteroatoms. The van der Waals surface area contributed by atoms with E-state index in [1.807, 2.05) is 6.07 Å². The second-order valence-corrected chi connectivity index (χ2v) is 6.50. The SMILES string of the molecule is CCC1CCN(S(=O)(=O)c2cccc(C#N)c2)C1. The van der Waals surface area contributed by atoms with Crippen LogP contribution in [0.5, 0.6) is 0 Å². The minimum Gasteiger partial charge on any atom is -0.207 e. The minimum absolute atomic E-state index is 0.221. The molecule has 1 fully saturated rings. The molecule has 1 aromatic carbocycles. The Labute approximate surface area is 108 Å². The maximum absolute atomic E-state index is 12.4. The van der Waals surface area contributed by atoms with Crippen molar-refractivity contribution in [3.8, 4) is 6.07 Å². The number of rotatable bonds is 3. The average Bonchev–Trinajstić information content (AvgIpc) is 2.88. The summed E-state index contributed by atoms with van der Waals surface area (Å²) in [6, 6.07) is 8.18. The summed E-state index contributed by atoms with van der Waals surface area (Å²) >= 11 is 0. The number of hydrogen-bond acceptors (Lipinski definition) is 3. The van der Waals surface area contributed by atoms with Crippen LogP contribution in [-0.4, -0.2) is 25.8 Å². The van der Waals surface area contributed by atoms with Crippen LogP contribution in [0.2, 0.25) is 0 Å². The molecule has 2 rings (SSSR count). The van der Waals surface area contributed by atoms with E-state index in [2.05, 4.69) is 6.92 Å². The summed E-state index contributed by atoms with van der Waals surface area (Å²) in [6.45, 7) is 3.25. The second kappa shape index (κ2) is 5.09. The molecule has 1 aliphatic heterocycles. The smallest absolute Gasteiger partial charge is 0.207 e. The highest BCUT2D eigenvalue weighted by Gasteiger charge is 2.31.